The summed E-state index contributed by atoms with van der Waals surface area (Å²) in [7, 11) is 3.10. The van der Waals surface area contributed by atoms with Crippen LogP contribution in [-0.2, 0) is 14.1 Å². The van der Waals surface area contributed by atoms with Crippen LogP contribution in [0.2, 0.25) is 0 Å². The molecule has 0 radical (unpaired) electrons. The van der Waals surface area contributed by atoms with E-state index in [1.54, 1.807) is 14.1 Å². The number of hydrogen-bond donors (Lipinski definition) is 0. The molecule has 0 saturated carbocycles. The van der Waals surface area contributed by atoms with Gasteiger partial charge in [0, 0.05) is 39.1 Å². The van der Waals surface area contributed by atoms with E-state index in [-0.39, 0.29) is 71.9 Å². The van der Waals surface area contributed by atoms with Crippen molar-refractivity contribution >= 4 is 44.4 Å². The van der Waals surface area contributed by atoms with Crippen molar-refractivity contribution in [3.63, 3.8) is 0 Å². The predicted octanol–water partition coefficient (Wildman–Crippen LogP) is 6.52. The minimum Gasteiger partial charge on any atom is -0.490 e. The number of imidazole rings is 4. The van der Waals surface area contributed by atoms with Crippen LogP contribution in [-0.4, -0.2) is 70.5 Å². The Hall–Kier alpha value is -8.30. The fourth-order valence-corrected chi connectivity index (χ4v) is 8.69. The largest absolute Gasteiger partial charge is 0.490 e. The van der Waals surface area contributed by atoms with Gasteiger partial charge in [0.1, 0.15) is 47.0 Å². The zero-order valence-electron chi connectivity index (χ0n) is 34.3. The molecule has 0 spiro atoms. The van der Waals surface area contributed by atoms with Gasteiger partial charge in [0.05, 0.1) is 70.9 Å². The van der Waals surface area contributed by atoms with Crippen molar-refractivity contribution in [1.82, 2.24) is 57.3 Å². The van der Waals surface area contributed by atoms with E-state index in [4.69, 9.17) is 9.47 Å². The fraction of sp³-hybridized carbons (Fsp3) is 0.182. The van der Waals surface area contributed by atoms with Gasteiger partial charge in [0.25, 0.3) is 0 Å². The quantitative estimate of drug-likeness (QED) is 0.178. The Morgan fingerprint density at radius 2 is 0.939 bits per heavy atom. The van der Waals surface area contributed by atoms with Crippen molar-refractivity contribution < 1.29 is 35.8 Å². The van der Waals surface area contributed by atoms with E-state index >= 15 is 0 Å². The Morgan fingerprint density at radius 3 is 1.36 bits per heavy atom. The molecule has 0 saturated heterocycles. The normalized spacial score (nSPS) is 15.7. The molecule has 8 heterocycles. The molecular formula is C44H30F6N12O4. The van der Waals surface area contributed by atoms with Crippen LogP contribution in [0.4, 0.5) is 26.3 Å². The van der Waals surface area contributed by atoms with Gasteiger partial charge in [-0.05, 0) is 48.5 Å². The number of aryl methyl sites for hydroxylation is 2. The SMILES string of the molecule is Cn1c(=O)n(C2CCOc3c(F)ccc(F)c32)c2nc(-n3cnc4ccc(F)cc43)ncc21.Cn1c(=O)n(C2CCOc3c(F)ccc(F)c32)c2nc(-n3cnc4ccc(F)cc43)ncc21. The second kappa shape index (κ2) is 15.2. The Morgan fingerprint density at radius 1 is 0.530 bits per heavy atom. The van der Waals surface area contributed by atoms with Gasteiger partial charge in [-0.25, -0.2) is 55.9 Å². The summed E-state index contributed by atoms with van der Waals surface area (Å²) in [6.45, 7) is 0.203. The molecule has 10 aromatic rings. The van der Waals surface area contributed by atoms with E-state index < -0.39 is 58.4 Å². The van der Waals surface area contributed by atoms with Gasteiger partial charge < -0.3 is 9.47 Å². The Bertz CT molecular complexity index is 3520. The lowest BCUT2D eigenvalue weighted by Crippen LogP contribution is -2.31. The monoisotopic (exact) mass is 904 g/mol. The number of halogens is 6. The van der Waals surface area contributed by atoms with E-state index in [0.717, 1.165) is 24.3 Å². The van der Waals surface area contributed by atoms with Crippen LogP contribution in [0, 0.1) is 34.9 Å². The molecule has 16 nitrogen and oxygen atoms in total. The lowest BCUT2D eigenvalue weighted by atomic mass is 9.99. The molecule has 332 valence electrons. The Labute approximate surface area is 365 Å². The minimum absolute atomic E-state index is 0.0360. The first-order valence-corrected chi connectivity index (χ1v) is 20.2. The Balaban J connectivity index is 0.000000146. The highest BCUT2D eigenvalue weighted by atomic mass is 19.1. The maximum atomic E-state index is 14.8. The summed E-state index contributed by atoms with van der Waals surface area (Å²) < 4.78 is 105. The van der Waals surface area contributed by atoms with Gasteiger partial charge >= 0.3 is 11.4 Å². The highest BCUT2D eigenvalue weighted by Crippen LogP contribution is 2.40. The molecule has 2 unspecified atom stereocenters. The van der Waals surface area contributed by atoms with Crippen molar-refractivity contribution in [1.29, 1.82) is 0 Å². The first-order valence-electron chi connectivity index (χ1n) is 20.2. The van der Waals surface area contributed by atoms with Crippen LogP contribution >= 0.6 is 0 Å². The topological polar surface area (TPSA) is 160 Å². The summed E-state index contributed by atoms with van der Waals surface area (Å²) in [5.41, 5.74) is 2.26. The second-order valence-electron chi connectivity index (χ2n) is 15.5. The molecule has 6 aromatic heterocycles. The summed E-state index contributed by atoms with van der Waals surface area (Å²) in [5, 5.41) is 0. The van der Waals surface area contributed by atoms with Crippen molar-refractivity contribution in [3.8, 4) is 23.4 Å². The lowest BCUT2D eigenvalue weighted by molar-refractivity contribution is 0.238. The third kappa shape index (κ3) is 6.22. The van der Waals surface area contributed by atoms with Crippen LogP contribution in [0.15, 0.2) is 95.3 Å². The second-order valence-corrected chi connectivity index (χ2v) is 15.5. The summed E-state index contributed by atoms with van der Waals surface area (Å²) in [6, 6.07) is 10.6. The smallest absolute Gasteiger partial charge is 0.330 e. The van der Waals surface area contributed by atoms with E-state index in [0.29, 0.717) is 33.1 Å². The lowest BCUT2D eigenvalue weighted by Gasteiger charge is -2.27. The van der Waals surface area contributed by atoms with Gasteiger partial charge in [-0.1, -0.05) is 0 Å². The van der Waals surface area contributed by atoms with Gasteiger partial charge in [0.2, 0.25) is 11.9 Å². The van der Waals surface area contributed by atoms with Crippen molar-refractivity contribution in [2.75, 3.05) is 13.2 Å². The summed E-state index contributed by atoms with van der Waals surface area (Å²) in [4.78, 5) is 52.6. The fourth-order valence-electron chi connectivity index (χ4n) is 8.69. The summed E-state index contributed by atoms with van der Waals surface area (Å²) in [5.74, 6) is -3.75. The highest BCUT2D eigenvalue weighted by Gasteiger charge is 2.34. The molecule has 12 rings (SSSR count). The number of fused-ring (bicyclic) bond motifs is 6. The highest BCUT2D eigenvalue weighted by molar-refractivity contribution is 5.79. The zero-order valence-corrected chi connectivity index (χ0v) is 34.3. The molecule has 4 aromatic carbocycles. The molecule has 0 fully saturated rings. The molecule has 0 N–H and O–H groups in total. The number of benzene rings is 4. The molecular weight excluding hydrogens is 875 g/mol. The maximum absolute atomic E-state index is 14.8. The van der Waals surface area contributed by atoms with Crippen LogP contribution in [0.25, 0.3) is 56.3 Å². The van der Waals surface area contributed by atoms with E-state index in [9.17, 15) is 35.9 Å². The third-order valence-electron chi connectivity index (χ3n) is 11.8. The van der Waals surface area contributed by atoms with Crippen LogP contribution < -0.4 is 20.9 Å². The predicted molar refractivity (Wildman–Crippen MR) is 224 cm³/mol. The molecule has 22 heteroatoms. The molecule has 0 aliphatic carbocycles. The van der Waals surface area contributed by atoms with E-state index in [1.807, 2.05) is 0 Å². The summed E-state index contributed by atoms with van der Waals surface area (Å²) >= 11 is 0. The first kappa shape index (κ1) is 40.5. The maximum Gasteiger partial charge on any atom is 0.330 e. The van der Waals surface area contributed by atoms with Gasteiger partial charge in [-0.3, -0.25) is 27.4 Å². The minimum atomic E-state index is -0.833. The Kier molecular flexibility index (Phi) is 9.30. The molecule has 2 aliphatic rings. The van der Waals surface area contributed by atoms with Crippen LogP contribution in [0.5, 0.6) is 11.5 Å². The van der Waals surface area contributed by atoms with Gasteiger partial charge in [0.15, 0.2) is 34.4 Å². The zero-order chi connectivity index (χ0) is 45.7. The first-order chi connectivity index (χ1) is 31.9. The van der Waals surface area contributed by atoms with Gasteiger partial charge in [-0.2, -0.15) is 9.97 Å². The average Bonchev–Trinajstić information content (AvgIpc) is 4.06. The number of rotatable bonds is 4. The molecule has 2 aliphatic heterocycles. The van der Waals surface area contributed by atoms with E-state index in [1.165, 1.54) is 88.8 Å². The van der Waals surface area contributed by atoms with Crippen LogP contribution in [0.3, 0.4) is 0 Å². The number of aromatic nitrogens is 12. The van der Waals surface area contributed by atoms with Crippen LogP contribution in [0.1, 0.15) is 36.1 Å². The molecule has 0 bridgehead atoms. The van der Waals surface area contributed by atoms with Crippen molar-refractivity contribution in [2.24, 2.45) is 14.1 Å². The standard InChI is InChI=1S/2C22H15F3N6O2/c2*1-29-17-9-26-21(30-10-27-14-5-2-11(23)8-16(14)30)28-20(17)31(22(29)32)15-6-7-33-19-13(25)4-3-12(24)18(15)19/h2*2-5,8-10,15H,6-7H2,1H3. The van der Waals surface area contributed by atoms with E-state index in [2.05, 4.69) is 29.9 Å². The molecule has 66 heavy (non-hydrogen) atoms. The van der Waals surface area contributed by atoms with Gasteiger partial charge in [-0.15, -0.1) is 0 Å². The molecule has 2 atom stereocenters. The number of nitrogens with zero attached hydrogens (tertiary/aromatic N) is 12. The average molecular weight is 905 g/mol. The summed E-state index contributed by atoms with van der Waals surface area (Å²) in [6.07, 6.45) is 6.31. The number of hydrogen-bond acceptors (Lipinski definition) is 10. The third-order valence-corrected chi connectivity index (χ3v) is 11.8. The van der Waals surface area contributed by atoms with Crippen molar-refractivity contribution in [2.45, 2.75) is 24.9 Å². The molecule has 0 amide bonds. The number of ether oxygens (including phenoxy) is 2. The van der Waals surface area contributed by atoms with Crippen molar-refractivity contribution in [3.05, 3.63) is 153 Å².